The standard InChI is InChI=1S/C15H16Br2N2O/c1-18-10-12-8-13(16)15(14(17)9-12)20-7-4-11-2-5-19-6-3-11/h2-3,5-6,8-9,18H,4,7,10H2,1H3. The number of rotatable bonds is 6. The molecule has 1 N–H and O–H groups in total. The lowest BCUT2D eigenvalue weighted by molar-refractivity contribution is 0.318. The number of hydrogen-bond donors (Lipinski definition) is 1. The lowest BCUT2D eigenvalue weighted by atomic mass is 10.2. The molecule has 1 aromatic heterocycles. The summed E-state index contributed by atoms with van der Waals surface area (Å²) in [6.07, 6.45) is 4.46. The Morgan fingerprint density at radius 1 is 1.10 bits per heavy atom. The zero-order chi connectivity index (χ0) is 14.4. The summed E-state index contributed by atoms with van der Waals surface area (Å²) in [5, 5.41) is 3.13. The molecule has 2 aromatic rings. The Balaban J connectivity index is 1.99. The van der Waals surface area contributed by atoms with Crippen molar-refractivity contribution in [1.82, 2.24) is 10.3 Å². The van der Waals surface area contributed by atoms with Gasteiger partial charge in [-0.1, -0.05) is 0 Å². The van der Waals surface area contributed by atoms with Crippen LogP contribution in [0.2, 0.25) is 0 Å². The first-order valence-corrected chi connectivity index (χ1v) is 7.93. The first kappa shape index (κ1) is 15.5. The molecule has 1 aromatic carbocycles. The first-order valence-electron chi connectivity index (χ1n) is 6.35. The molecule has 0 bridgehead atoms. The number of pyridine rings is 1. The molecule has 0 unspecified atom stereocenters. The van der Waals surface area contributed by atoms with Gasteiger partial charge in [-0.2, -0.15) is 0 Å². The van der Waals surface area contributed by atoms with Crippen LogP contribution in [-0.4, -0.2) is 18.6 Å². The molecule has 0 aliphatic carbocycles. The summed E-state index contributed by atoms with van der Waals surface area (Å²) < 4.78 is 7.80. The Morgan fingerprint density at radius 2 is 1.75 bits per heavy atom. The predicted molar refractivity (Wildman–Crippen MR) is 88.0 cm³/mol. The van der Waals surface area contributed by atoms with E-state index in [1.807, 2.05) is 19.2 Å². The van der Waals surface area contributed by atoms with Gasteiger partial charge in [0.1, 0.15) is 5.75 Å². The average molecular weight is 400 g/mol. The summed E-state index contributed by atoms with van der Waals surface area (Å²) >= 11 is 7.12. The van der Waals surface area contributed by atoms with Crippen LogP contribution in [0, 0.1) is 0 Å². The lowest BCUT2D eigenvalue weighted by Crippen LogP contribution is -2.06. The van der Waals surface area contributed by atoms with Crippen LogP contribution in [0.3, 0.4) is 0 Å². The van der Waals surface area contributed by atoms with E-state index in [0.717, 1.165) is 27.7 Å². The lowest BCUT2D eigenvalue weighted by Gasteiger charge is -2.12. The maximum absolute atomic E-state index is 5.87. The molecule has 0 aliphatic heterocycles. The molecular formula is C15H16Br2N2O. The van der Waals surface area contributed by atoms with Gasteiger partial charge in [-0.25, -0.2) is 0 Å². The Kier molecular flexibility index (Phi) is 6.01. The molecule has 0 fully saturated rings. The van der Waals surface area contributed by atoms with E-state index in [4.69, 9.17) is 4.74 Å². The van der Waals surface area contributed by atoms with Gasteiger partial charge in [-0.15, -0.1) is 0 Å². The maximum atomic E-state index is 5.87. The quantitative estimate of drug-likeness (QED) is 0.798. The summed E-state index contributed by atoms with van der Waals surface area (Å²) in [5.41, 5.74) is 2.42. The van der Waals surface area contributed by atoms with E-state index in [1.54, 1.807) is 12.4 Å². The van der Waals surface area contributed by atoms with Crippen molar-refractivity contribution < 1.29 is 4.74 Å². The van der Waals surface area contributed by atoms with Crippen LogP contribution in [0.15, 0.2) is 45.6 Å². The Bertz CT molecular complexity index is 538. The molecule has 0 saturated carbocycles. The van der Waals surface area contributed by atoms with Crippen molar-refractivity contribution in [2.75, 3.05) is 13.7 Å². The monoisotopic (exact) mass is 398 g/mol. The van der Waals surface area contributed by atoms with Gasteiger partial charge >= 0.3 is 0 Å². The fourth-order valence-corrected chi connectivity index (χ4v) is 3.39. The van der Waals surface area contributed by atoms with Crippen molar-refractivity contribution in [3.63, 3.8) is 0 Å². The van der Waals surface area contributed by atoms with Gasteiger partial charge in [-0.05, 0) is 74.3 Å². The highest BCUT2D eigenvalue weighted by Crippen LogP contribution is 2.34. The molecule has 0 spiro atoms. The average Bonchev–Trinajstić information content (AvgIpc) is 2.43. The Hall–Kier alpha value is -0.910. The third-order valence-corrected chi connectivity index (χ3v) is 4.00. The number of benzene rings is 1. The molecule has 106 valence electrons. The number of halogens is 2. The molecule has 0 atom stereocenters. The minimum atomic E-state index is 0.632. The van der Waals surface area contributed by atoms with Crippen LogP contribution in [0.5, 0.6) is 5.75 Å². The Labute approximate surface area is 136 Å². The predicted octanol–water partition coefficient (Wildman–Crippen LogP) is 3.95. The first-order chi connectivity index (χ1) is 9.70. The summed E-state index contributed by atoms with van der Waals surface area (Å²) in [5.74, 6) is 0.846. The van der Waals surface area contributed by atoms with Crippen molar-refractivity contribution in [2.45, 2.75) is 13.0 Å². The van der Waals surface area contributed by atoms with E-state index in [-0.39, 0.29) is 0 Å². The normalized spacial score (nSPS) is 10.6. The van der Waals surface area contributed by atoms with Gasteiger partial charge in [0.25, 0.3) is 0 Å². The molecule has 20 heavy (non-hydrogen) atoms. The largest absolute Gasteiger partial charge is 0.491 e. The maximum Gasteiger partial charge on any atom is 0.147 e. The van der Waals surface area contributed by atoms with Gasteiger partial charge in [-0.3, -0.25) is 4.98 Å². The second kappa shape index (κ2) is 7.76. The number of aromatic nitrogens is 1. The highest BCUT2D eigenvalue weighted by Gasteiger charge is 2.09. The molecule has 2 rings (SSSR count). The number of hydrogen-bond acceptors (Lipinski definition) is 3. The molecule has 0 saturated heterocycles. The molecule has 3 nitrogen and oxygen atoms in total. The topological polar surface area (TPSA) is 34.1 Å². The van der Waals surface area contributed by atoms with Crippen LogP contribution < -0.4 is 10.1 Å². The summed E-state index contributed by atoms with van der Waals surface area (Å²) in [7, 11) is 1.93. The third-order valence-electron chi connectivity index (χ3n) is 2.83. The summed E-state index contributed by atoms with van der Waals surface area (Å²) in [6.45, 7) is 1.46. The Morgan fingerprint density at radius 3 is 2.35 bits per heavy atom. The number of ether oxygens (including phenoxy) is 1. The molecule has 5 heteroatoms. The zero-order valence-corrected chi connectivity index (χ0v) is 14.4. The summed E-state index contributed by atoms with van der Waals surface area (Å²) in [6, 6.07) is 8.15. The van der Waals surface area contributed by atoms with Gasteiger partial charge in [0.15, 0.2) is 0 Å². The highest BCUT2D eigenvalue weighted by atomic mass is 79.9. The van der Waals surface area contributed by atoms with Crippen molar-refractivity contribution >= 4 is 31.9 Å². The number of nitrogens with one attached hydrogen (secondary N) is 1. The SMILES string of the molecule is CNCc1cc(Br)c(OCCc2ccncc2)c(Br)c1. The van der Waals surface area contributed by atoms with Crippen LogP contribution in [0.25, 0.3) is 0 Å². The van der Waals surface area contributed by atoms with Crippen LogP contribution in [-0.2, 0) is 13.0 Å². The molecular weight excluding hydrogens is 384 g/mol. The molecule has 1 heterocycles. The zero-order valence-electron chi connectivity index (χ0n) is 11.2. The van der Waals surface area contributed by atoms with E-state index in [9.17, 15) is 0 Å². The third kappa shape index (κ3) is 4.30. The fraction of sp³-hybridized carbons (Fsp3) is 0.267. The van der Waals surface area contributed by atoms with Crippen molar-refractivity contribution in [3.8, 4) is 5.75 Å². The van der Waals surface area contributed by atoms with Gasteiger partial charge in [0.2, 0.25) is 0 Å². The molecule has 0 amide bonds. The van der Waals surface area contributed by atoms with Crippen LogP contribution in [0.1, 0.15) is 11.1 Å². The van der Waals surface area contributed by atoms with Gasteiger partial charge < -0.3 is 10.1 Å². The van der Waals surface area contributed by atoms with Crippen LogP contribution >= 0.6 is 31.9 Å². The van der Waals surface area contributed by atoms with Crippen molar-refractivity contribution in [1.29, 1.82) is 0 Å². The van der Waals surface area contributed by atoms with E-state index in [2.05, 4.69) is 54.3 Å². The second-order valence-corrected chi connectivity index (χ2v) is 6.08. The van der Waals surface area contributed by atoms with E-state index in [0.29, 0.717) is 6.61 Å². The van der Waals surface area contributed by atoms with E-state index >= 15 is 0 Å². The minimum Gasteiger partial charge on any atom is -0.491 e. The highest BCUT2D eigenvalue weighted by molar-refractivity contribution is 9.11. The van der Waals surface area contributed by atoms with Crippen molar-refractivity contribution in [3.05, 3.63) is 56.7 Å². The molecule has 0 aliphatic rings. The smallest absolute Gasteiger partial charge is 0.147 e. The number of nitrogens with zero attached hydrogens (tertiary/aromatic N) is 1. The minimum absolute atomic E-state index is 0.632. The summed E-state index contributed by atoms with van der Waals surface area (Å²) in [4.78, 5) is 4.01. The van der Waals surface area contributed by atoms with E-state index < -0.39 is 0 Å². The molecule has 0 radical (unpaired) electrons. The van der Waals surface area contributed by atoms with Gasteiger partial charge in [0.05, 0.1) is 15.6 Å². The van der Waals surface area contributed by atoms with Crippen LogP contribution in [0.4, 0.5) is 0 Å². The van der Waals surface area contributed by atoms with Crippen molar-refractivity contribution in [2.24, 2.45) is 0 Å². The second-order valence-electron chi connectivity index (χ2n) is 4.37. The van der Waals surface area contributed by atoms with E-state index in [1.165, 1.54) is 11.1 Å². The fourth-order valence-electron chi connectivity index (χ4n) is 1.88. The van der Waals surface area contributed by atoms with Gasteiger partial charge in [0, 0.05) is 25.4 Å².